The summed E-state index contributed by atoms with van der Waals surface area (Å²) in [5.74, 6) is 0. The lowest BCUT2D eigenvalue weighted by Gasteiger charge is -1.98. The minimum Gasteiger partial charge on any atom is -0.277 e. The van der Waals surface area contributed by atoms with Crippen molar-refractivity contribution in [2.24, 2.45) is 0 Å². The number of rotatable bonds is 9. The number of unbranched alkanes of at least 4 members (excludes halogenated alkanes) is 6. The van der Waals surface area contributed by atoms with E-state index >= 15 is 0 Å². The third kappa shape index (κ3) is 9.47. The number of carbonyl (C=O) groups is 1. The van der Waals surface area contributed by atoms with Crippen LogP contribution in [0.4, 0.5) is 0 Å². The molecule has 1 amide bonds. The van der Waals surface area contributed by atoms with Gasteiger partial charge in [0.2, 0.25) is 6.41 Å². The molecule has 0 fully saturated rings. The van der Waals surface area contributed by atoms with Crippen LogP contribution in [0.15, 0.2) is 0 Å². The topological polar surface area (TPSA) is 31.2 Å². The molecule has 0 bridgehead atoms. The van der Waals surface area contributed by atoms with E-state index in [0.717, 1.165) is 12.8 Å². The van der Waals surface area contributed by atoms with Crippen molar-refractivity contribution in [3.05, 3.63) is 6.92 Å². The predicted octanol–water partition coefficient (Wildman–Crippen LogP) is 2.31. The summed E-state index contributed by atoms with van der Waals surface area (Å²) in [7, 11) is 0. The Labute approximate surface area is 75.7 Å². The molecule has 0 aliphatic rings. The van der Waals surface area contributed by atoms with Crippen molar-refractivity contribution in [1.82, 2.24) is 5.32 Å². The molecule has 0 N–H and O–H groups in total. The zero-order chi connectivity index (χ0) is 9.07. The molecule has 2 radical (unpaired) electrons. The van der Waals surface area contributed by atoms with E-state index in [1.54, 1.807) is 0 Å². The van der Waals surface area contributed by atoms with Gasteiger partial charge in [-0.05, 0) is 6.42 Å². The van der Waals surface area contributed by atoms with Gasteiger partial charge in [0.25, 0.3) is 0 Å². The number of nitrogens with zero attached hydrogens (tertiary/aromatic N) is 1. The van der Waals surface area contributed by atoms with Crippen LogP contribution in [-0.2, 0) is 4.79 Å². The monoisotopic (exact) mass is 169 g/mol. The van der Waals surface area contributed by atoms with Gasteiger partial charge in [-0.1, -0.05) is 45.4 Å². The van der Waals surface area contributed by atoms with Gasteiger partial charge in [-0.3, -0.25) is 10.1 Å². The van der Waals surface area contributed by atoms with Crippen LogP contribution >= 0.6 is 0 Å². The van der Waals surface area contributed by atoms with Crippen LogP contribution in [0.2, 0.25) is 0 Å². The Balaban J connectivity index is 2.77. The van der Waals surface area contributed by atoms with Crippen molar-refractivity contribution in [3.63, 3.8) is 0 Å². The van der Waals surface area contributed by atoms with E-state index in [4.69, 9.17) is 0 Å². The second-order valence-electron chi connectivity index (χ2n) is 2.99. The Morgan fingerprint density at radius 1 is 1.00 bits per heavy atom. The largest absolute Gasteiger partial charge is 0.277 e. The summed E-state index contributed by atoms with van der Waals surface area (Å²) < 4.78 is 0. The van der Waals surface area contributed by atoms with Gasteiger partial charge in [-0.15, -0.1) is 0 Å². The lowest BCUT2D eigenvalue weighted by molar-refractivity contribution is -0.109. The molecule has 0 aromatic heterocycles. The zero-order valence-electron chi connectivity index (χ0n) is 7.80. The highest BCUT2D eigenvalue weighted by atomic mass is 16.1. The van der Waals surface area contributed by atoms with Crippen molar-refractivity contribution < 1.29 is 4.79 Å². The van der Waals surface area contributed by atoms with Gasteiger partial charge >= 0.3 is 0 Å². The van der Waals surface area contributed by atoms with Gasteiger partial charge in [0.1, 0.15) is 0 Å². The molecular weight excluding hydrogens is 150 g/mol. The Morgan fingerprint density at radius 3 is 2.17 bits per heavy atom. The van der Waals surface area contributed by atoms with Crippen LogP contribution in [-0.4, -0.2) is 13.0 Å². The van der Waals surface area contributed by atoms with Crippen LogP contribution < -0.4 is 5.32 Å². The zero-order valence-corrected chi connectivity index (χ0v) is 7.80. The average molecular weight is 169 g/mol. The molecule has 2 nitrogen and oxygen atoms in total. The molecule has 0 unspecified atom stereocenters. The van der Waals surface area contributed by atoms with Crippen LogP contribution in [0.25, 0.3) is 0 Å². The maximum absolute atomic E-state index is 9.81. The summed E-state index contributed by atoms with van der Waals surface area (Å²) in [4.78, 5) is 9.81. The molecule has 0 saturated heterocycles. The van der Waals surface area contributed by atoms with Crippen LogP contribution in [0.5, 0.6) is 0 Å². The first-order valence-corrected chi connectivity index (χ1v) is 4.81. The van der Waals surface area contributed by atoms with E-state index < -0.39 is 0 Å². The summed E-state index contributed by atoms with van der Waals surface area (Å²) >= 11 is 0. The molecule has 0 saturated carbocycles. The van der Waals surface area contributed by atoms with E-state index in [-0.39, 0.29) is 0 Å². The number of hydrogen-bond donors (Lipinski definition) is 0. The highest BCUT2D eigenvalue weighted by Gasteiger charge is 1.90. The van der Waals surface area contributed by atoms with E-state index in [9.17, 15) is 4.79 Å². The molecule has 0 rings (SSSR count). The standard InChI is InChI=1S/C10H19NO/c1-2-3-4-5-6-7-8-9-11-10-12/h10H,1-9H2. The summed E-state index contributed by atoms with van der Waals surface area (Å²) in [6.07, 6.45) is 9.08. The molecule has 0 spiro atoms. The fourth-order valence-corrected chi connectivity index (χ4v) is 1.14. The maximum Gasteiger partial charge on any atom is 0.228 e. The first kappa shape index (κ1) is 11.5. The molecule has 0 aliphatic carbocycles. The minimum absolute atomic E-state index is 0.642. The predicted molar refractivity (Wildman–Crippen MR) is 50.7 cm³/mol. The van der Waals surface area contributed by atoms with Crippen molar-refractivity contribution in [2.45, 2.75) is 44.9 Å². The molecular formula is C10H19NO. The third-order valence-corrected chi connectivity index (χ3v) is 1.86. The van der Waals surface area contributed by atoms with Crippen molar-refractivity contribution >= 4 is 6.41 Å². The van der Waals surface area contributed by atoms with Gasteiger partial charge in [-0.25, -0.2) is 0 Å². The summed E-state index contributed by atoms with van der Waals surface area (Å²) in [6.45, 7) is 4.50. The third-order valence-electron chi connectivity index (χ3n) is 1.86. The Bertz CT molecular complexity index is 93.8. The van der Waals surface area contributed by atoms with E-state index in [2.05, 4.69) is 12.2 Å². The second kappa shape index (κ2) is 10.5. The quantitative estimate of drug-likeness (QED) is 0.385. The first-order chi connectivity index (χ1) is 5.91. The SMILES string of the molecule is [CH2]CCCCCCCC[N]C=O. The fourth-order valence-electron chi connectivity index (χ4n) is 1.14. The molecule has 70 valence electrons. The van der Waals surface area contributed by atoms with Crippen molar-refractivity contribution in [2.75, 3.05) is 6.54 Å². The maximum atomic E-state index is 9.81. The Kier molecular flexibility index (Phi) is 10.0. The molecule has 0 aliphatic heterocycles. The lowest BCUT2D eigenvalue weighted by atomic mass is 10.1. The summed E-state index contributed by atoms with van der Waals surface area (Å²) in [5.41, 5.74) is 0. The van der Waals surface area contributed by atoms with E-state index in [0.29, 0.717) is 13.0 Å². The highest BCUT2D eigenvalue weighted by Crippen LogP contribution is 2.05. The first-order valence-electron chi connectivity index (χ1n) is 4.81. The molecule has 12 heavy (non-hydrogen) atoms. The molecule has 0 aromatic rings. The molecule has 0 heterocycles. The fraction of sp³-hybridized carbons (Fsp3) is 0.800. The van der Waals surface area contributed by atoms with Gasteiger partial charge in [-0.2, -0.15) is 0 Å². The Hall–Kier alpha value is -0.530. The van der Waals surface area contributed by atoms with Gasteiger partial charge < -0.3 is 0 Å². The van der Waals surface area contributed by atoms with Gasteiger partial charge in [0.05, 0.1) is 0 Å². The van der Waals surface area contributed by atoms with Crippen LogP contribution in [0.3, 0.4) is 0 Å². The second-order valence-corrected chi connectivity index (χ2v) is 2.99. The Morgan fingerprint density at radius 2 is 1.58 bits per heavy atom. The number of carbonyl (C=O) groups excluding carboxylic acids is 1. The lowest BCUT2D eigenvalue weighted by Crippen LogP contribution is -2.02. The highest BCUT2D eigenvalue weighted by molar-refractivity contribution is 5.45. The van der Waals surface area contributed by atoms with E-state index in [1.807, 2.05) is 0 Å². The van der Waals surface area contributed by atoms with Gasteiger partial charge in [0.15, 0.2) is 0 Å². The number of amides is 1. The molecule has 0 atom stereocenters. The molecule has 0 aromatic carbocycles. The minimum atomic E-state index is 0.642. The summed E-state index contributed by atoms with van der Waals surface area (Å²) in [5, 5.41) is 3.62. The van der Waals surface area contributed by atoms with Gasteiger partial charge in [0, 0.05) is 6.54 Å². The smallest absolute Gasteiger partial charge is 0.228 e. The van der Waals surface area contributed by atoms with E-state index in [1.165, 1.54) is 32.1 Å². The van der Waals surface area contributed by atoms with Crippen molar-refractivity contribution in [3.8, 4) is 0 Å². The summed E-state index contributed by atoms with van der Waals surface area (Å²) in [6, 6.07) is 0. The average Bonchev–Trinajstić information content (AvgIpc) is 2.10. The van der Waals surface area contributed by atoms with Crippen LogP contribution in [0, 0.1) is 6.92 Å². The normalized spacial score (nSPS) is 9.75. The number of hydrogen-bond acceptors (Lipinski definition) is 1. The molecule has 2 heteroatoms. The van der Waals surface area contributed by atoms with Crippen LogP contribution in [0.1, 0.15) is 44.9 Å². The van der Waals surface area contributed by atoms with Crippen molar-refractivity contribution in [1.29, 1.82) is 0 Å².